The van der Waals surface area contributed by atoms with Crippen LogP contribution in [0.3, 0.4) is 0 Å². The minimum absolute atomic E-state index is 0.195. The number of nitrogens with two attached hydrogens (primary N) is 1. The Labute approximate surface area is 125 Å². The quantitative estimate of drug-likeness (QED) is 0.852. The molecule has 3 heteroatoms. The van der Waals surface area contributed by atoms with Crippen LogP contribution in [0.5, 0.6) is 11.5 Å². The first-order valence-electron chi connectivity index (χ1n) is 7.22. The van der Waals surface area contributed by atoms with Crippen molar-refractivity contribution < 1.29 is 9.13 Å². The van der Waals surface area contributed by atoms with Crippen molar-refractivity contribution in [2.24, 2.45) is 5.73 Å². The second-order valence-electron chi connectivity index (χ2n) is 5.76. The van der Waals surface area contributed by atoms with Crippen LogP contribution in [0.2, 0.25) is 0 Å². The summed E-state index contributed by atoms with van der Waals surface area (Å²) in [5.41, 5.74) is 8.66. The summed E-state index contributed by atoms with van der Waals surface area (Å²) in [6.45, 7) is 8.01. The Hall–Kier alpha value is -1.87. The van der Waals surface area contributed by atoms with E-state index in [0.717, 1.165) is 11.1 Å². The molecule has 0 unspecified atom stereocenters. The molecule has 0 saturated heterocycles. The van der Waals surface area contributed by atoms with Gasteiger partial charge in [0.05, 0.1) is 0 Å². The zero-order valence-corrected chi connectivity index (χ0v) is 13.0. The fraction of sp³-hybridized carbons (Fsp3) is 0.333. The summed E-state index contributed by atoms with van der Waals surface area (Å²) in [6, 6.07) is 10.7. The van der Waals surface area contributed by atoms with Crippen molar-refractivity contribution in [1.29, 1.82) is 0 Å². The molecule has 0 aliphatic rings. The van der Waals surface area contributed by atoms with Crippen LogP contribution in [0, 0.1) is 12.7 Å². The Kier molecular flexibility index (Phi) is 4.63. The lowest BCUT2D eigenvalue weighted by atomic mass is 10.0. The van der Waals surface area contributed by atoms with E-state index in [2.05, 4.69) is 19.9 Å². The van der Waals surface area contributed by atoms with Gasteiger partial charge in [-0.15, -0.1) is 0 Å². The summed E-state index contributed by atoms with van der Waals surface area (Å²) in [6.07, 6.45) is 0. The van der Waals surface area contributed by atoms with E-state index >= 15 is 0 Å². The van der Waals surface area contributed by atoms with E-state index in [1.807, 2.05) is 26.0 Å². The van der Waals surface area contributed by atoms with Gasteiger partial charge in [-0.25, -0.2) is 4.39 Å². The van der Waals surface area contributed by atoms with Gasteiger partial charge >= 0.3 is 0 Å². The number of ether oxygens (including phenoxy) is 1. The second kappa shape index (κ2) is 6.27. The van der Waals surface area contributed by atoms with Crippen LogP contribution in [0.1, 0.15) is 49.4 Å². The third kappa shape index (κ3) is 3.61. The summed E-state index contributed by atoms with van der Waals surface area (Å²) >= 11 is 0. The minimum Gasteiger partial charge on any atom is -0.454 e. The maximum absolute atomic E-state index is 14.1. The number of aryl methyl sites for hydroxylation is 1. The Morgan fingerprint density at radius 1 is 0.952 bits per heavy atom. The van der Waals surface area contributed by atoms with Gasteiger partial charge in [-0.2, -0.15) is 0 Å². The Bertz CT molecular complexity index is 635. The summed E-state index contributed by atoms with van der Waals surface area (Å²) in [7, 11) is 0. The molecule has 2 aromatic rings. The van der Waals surface area contributed by atoms with Gasteiger partial charge in [0.1, 0.15) is 5.75 Å². The predicted molar refractivity (Wildman–Crippen MR) is 84.3 cm³/mol. The molecular formula is C18H22FNO. The molecule has 0 spiro atoms. The van der Waals surface area contributed by atoms with Crippen LogP contribution in [0.15, 0.2) is 36.4 Å². The van der Waals surface area contributed by atoms with Gasteiger partial charge in [-0.3, -0.25) is 0 Å². The molecule has 2 rings (SSSR count). The third-order valence-corrected chi connectivity index (χ3v) is 3.58. The zero-order valence-electron chi connectivity index (χ0n) is 13.0. The highest BCUT2D eigenvalue weighted by Gasteiger charge is 2.11. The highest BCUT2D eigenvalue weighted by molar-refractivity contribution is 5.42. The highest BCUT2D eigenvalue weighted by atomic mass is 19.1. The molecular weight excluding hydrogens is 265 g/mol. The van der Waals surface area contributed by atoms with Crippen LogP contribution in [0.25, 0.3) is 0 Å². The first kappa shape index (κ1) is 15.5. The fourth-order valence-electron chi connectivity index (χ4n) is 2.09. The maximum Gasteiger partial charge on any atom is 0.166 e. The molecule has 0 aliphatic carbocycles. The zero-order chi connectivity index (χ0) is 15.6. The number of rotatable bonds is 4. The number of hydrogen-bond donors (Lipinski definition) is 1. The van der Waals surface area contributed by atoms with E-state index in [-0.39, 0.29) is 17.6 Å². The van der Waals surface area contributed by atoms with Crippen LogP contribution in [-0.4, -0.2) is 0 Å². The number of benzene rings is 2. The van der Waals surface area contributed by atoms with Gasteiger partial charge < -0.3 is 10.5 Å². The minimum atomic E-state index is -0.390. The summed E-state index contributed by atoms with van der Waals surface area (Å²) in [5.74, 6) is 0.925. The van der Waals surface area contributed by atoms with Gasteiger partial charge in [0.2, 0.25) is 0 Å². The van der Waals surface area contributed by atoms with Crippen molar-refractivity contribution in [2.75, 3.05) is 0 Å². The molecule has 0 aromatic heterocycles. The van der Waals surface area contributed by atoms with E-state index in [1.165, 1.54) is 11.6 Å². The molecule has 0 heterocycles. The van der Waals surface area contributed by atoms with E-state index in [4.69, 9.17) is 10.5 Å². The lowest BCUT2D eigenvalue weighted by Crippen LogP contribution is -2.05. The predicted octanol–water partition coefficient (Wildman–Crippen LogP) is 5.07. The average Bonchev–Trinajstić information content (AvgIpc) is 2.42. The molecule has 2 N–H and O–H groups in total. The standard InChI is InChI=1S/C18H22FNO/c1-11(2)14-6-5-12(3)18(10-14)21-17-8-7-15(13(4)20)9-16(17)19/h5-11,13H,20H2,1-4H3/t13-/m0/s1. The van der Waals surface area contributed by atoms with Crippen LogP contribution in [-0.2, 0) is 0 Å². The Balaban J connectivity index is 2.32. The van der Waals surface area contributed by atoms with Gasteiger partial charge in [0.25, 0.3) is 0 Å². The summed E-state index contributed by atoms with van der Waals surface area (Å²) in [4.78, 5) is 0. The maximum atomic E-state index is 14.1. The Morgan fingerprint density at radius 3 is 2.19 bits per heavy atom. The van der Waals surface area contributed by atoms with Crippen LogP contribution < -0.4 is 10.5 Å². The van der Waals surface area contributed by atoms with Gasteiger partial charge in [-0.1, -0.05) is 32.0 Å². The normalized spacial score (nSPS) is 12.5. The topological polar surface area (TPSA) is 35.2 Å². The van der Waals surface area contributed by atoms with Crippen molar-refractivity contribution in [3.63, 3.8) is 0 Å². The average molecular weight is 287 g/mol. The van der Waals surface area contributed by atoms with Gasteiger partial charge in [-0.05, 0) is 54.7 Å². The first-order valence-corrected chi connectivity index (χ1v) is 7.22. The van der Waals surface area contributed by atoms with E-state index < -0.39 is 0 Å². The molecule has 0 fully saturated rings. The molecule has 0 radical (unpaired) electrons. The van der Waals surface area contributed by atoms with Crippen LogP contribution in [0.4, 0.5) is 4.39 Å². The molecule has 112 valence electrons. The van der Waals surface area contributed by atoms with Crippen molar-refractivity contribution >= 4 is 0 Å². The van der Waals surface area contributed by atoms with Crippen molar-refractivity contribution in [3.05, 3.63) is 58.9 Å². The van der Waals surface area contributed by atoms with E-state index in [0.29, 0.717) is 11.7 Å². The Morgan fingerprint density at radius 2 is 1.62 bits per heavy atom. The van der Waals surface area contributed by atoms with Gasteiger partial charge in [0.15, 0.2) is 11.6 Å². The second-order valence-corrected chi connectivity index (χ2v) is 5.76. The van der Waals surface area contributed by atoms with Gasteiger partial charge in [0, 0.05) is 6.04 Å². The van der Waals surface area contributed by atoms with E-state index in [9.17, 15) is 4.39 Å². The van der Waals surface area contributed by atoms with E-state index in [1.54, 1.807) is 12.1 Å². The molecule has 2 aromatic carbocycles. The molecule has 2 nitrogen and oxygen atoms in total. The van der Waals surface area contributed by atoms with Crippen molar-refractivity contribution in [1.82, 2.24) is 0 Å². The smallest absolute Gasteiger partial charge is 0.166 e. The molecule has 0 aliphatic heterocycles. The molecule has 0 amide bonds. The number of halogens is 1. The molecule has 0 bridgehead atoms. The van der Waals surface area contributed by atoms with Crippen molar-refractivity contribution in [2.45, 2.75) is 39.7 Å². The first-order chi connectivity index (χ1) is 9.88. The fourth-order valence-corrected chi connectivity index (χ4v) is 2.09. The van der Waals surface area contributed by atoms with Crippen molar-refractivity contribution in [3.8, 4) is 11.5 Å². The highest BCUT2D eigenvalue weighted by Crippen LogP contribution is 2.31. The van der Waals surface area contributed by atoms with Crippen LogP contribution >= 0.6 is 0 Å². The largest absolute Gasteiger partial charge is 0.454 e. The summed E-state index contributed by atoms with van der Waals surface area (Å²) < 4.78 is 19.9. The molecule has 21 heavy (non-hydrogen) atoms. The monoisotopic (exact) mass is 287 g/mol. The molecule has 1 atom stereocenters. The lowest BCUT2D eigenvalue weighted by Gasteiger charge is -2.14. The lowest BCUT2D eigenvalue weighted by molar-refractivity contribution is 0.438. The third-order valence-electron chi connectivity index (χ3n) is 3.58. The SMILES string of the molecule is Cc1ccc(C(C)C)cc1Oc1ccc([C@H](C)N)cc1F. The molecule has 0 saturated carbocycles. The number of hydrogen-bond acceptors (Lipinski definition) is 2. The summed E-state index contributed by atoms with van der Waals surface area (Å²) in [5, 5.41) is 0.